The lowest BCUT2D eigenvalue weighted by Crippen LogP contribution is -2.38. The Balaban J connectivity index is 2.85. The summed E-state index contributed by atoms with van der Waals surface area (Å²) in [6, 6.07) is 8.45. The quantitative estimate of drug-likeness (QED) is 0.846. The van der Waals surface area contributed by atoms with Gasteiger partial charge in [-0.2, -0.15) is 0 Å². The van der Waals surface area contributed by atoms with E-state index in [0.717, 1.165) is 17.4 Å². The molecule has 17 heavy (non-hydrogen) atoms. The summed E-state index contributed by atoms with van der Waals surface area (Å²) in [4.78, 5) is 2.20. The van der Waals surface area contributed by atoms with E-state index >= 15 is 0 Å². The van der Waals surface area contributed by atoms with Crippen molar-refractivity contribution in [3.63, 3.8) is 0 Å². The molecule has 0 radical (unpaired) electrons. The Morgan fingerprint density at radius 3 is 2.71 bits per heavy atom. The van der Waals surface area contributed by atoms with E-state index in [1.54, 1.807) is 0 Å². The highest BCUT2D eigenvalue weighted by molar-refractivity contribution is 9.10. The van der Waals surface area contributed by atoms with E-state index in [9.17, 15) is 0 Å². The van der Waals surface area contributed by atoms with Gasteiger partial charge in [0.1, 0.15) is 0 Å². The van der Waals surface area contributed by atoms with Crippen LogP contribution in [0.2, 0.25) is 0 Å². The molecule has 3 nitrogen and oxygen atoms in total. The van der Waals surface area contributed by atoms with Crippen molar-refractivity contribution in [2.45, 2.75) is 25.4 Å². The largest absolute Gasteiger partial charge is 0.396 e. The first kappa shape index (κ1) is 14.6. The van der Waals surface area contributed by atoms with Crippen LogP contribution < -0.4 is 5.73 Å². The second-order valence-electron chi connectivity index (χ2n) is 4.42. The van der Waals surface area contributed by atoms with Gasteiger partial charge in [0, 0.05) is 29.7 Å². The molecule has 0 fully saturated rings. The molecule has 1 rings (SSSR count). The maximum Gasteiger partial charge on any atom is 0.0494 e. The minimum atomic E-state index is 0.0491. The molecule has 2 unspecified atom stereocenters. The van der Waals surface area contributed by atoms with Gasteiger partial charge in [-0.1, -0.05) is 28.1 Å². The normalized spacial score (nSPS) is 14.9. The van der Waals surface area contributed by atoms with Gasteiger partial charge in [0.15, 0.2) is 0 Å². The van der Waals surface area contributed by atoms with E-state index in [1.165, 1.54) is 5.56 Å². The van der Waals surface area contributed by atoms with E-state index in [-0.39, 0.29) is 18.7 Å². The first-order chi connectivity index (χ1) is 8.06. The lowest BCUT2D eigenvalue weighted by Gasteiger charge is -2.31. The van der Waals surface area contributed by atoms with Gasteiger partial charge in [0.05, 0.1) is 0 Å². The van der Waals surface area contributed by atoms with Crippen LogP contribution in [0.25, 0.3) is 0 Å². The highest BCUT2D eigenvalue weighted by Crippen LogP contribution is 2.24. The molecule has 1 aromatic rings. The predicted molar refractivity (Wildman–Crippen MR) is 74.9 cm³/mol. The average Bonchev–Trinajstić information content (AvgIpc) is 2.26. The molecule has 0 saturated heterocycles. The first-order valence-electron chi connectivity index (χ1n) is 5.88. The molecule has 4 heteroatoms. The summed E-state index contributed by atoms with van der Waals surface area (Å²) in [6.07, 6.45) is 0.772. The van der Waals surface area contributed by atoms with Crippen molar-refractivity contribution >= 4 is 15.9 Å². The van der Waals surface area contributed by atoms with Gasteiger partial charge in [0.2, 0.25) is 0 Å². The van der Waals surface area contributed by atoms with Crippen molar-refractivity contribution < 1.29 is 5.11 Å². The maximum atomic E-state index is 8.88. The standard InChI is InChI=1S/C13H21BrN2O/c1-10(15)13(16(2)7-4-8-17)11-5-3-6-12(14)9-11/h3,5-6,9-10,13,17H,4,7-8,15H2,1-2H3. The number of hydrogen-bond acceptors (Lipinski definition) is 3. The van der Waals surface area contributed by atoms with Gasteiger partial charge in [-0.25, -0.2) is 0 Å². The minimum Gasteiger partial charge on any atom is -0.396 e. The summed E-state index contributed by atoms with van der Waals surface area (Å²) in [6.45, 7) is 3.07. The van der Waals surface area contributed by atoms with E-state index < -0.39 is 0 Å². The minimum absolute atomic E-state index is 0.0491. The summed E-state index contributed by atoms with van der Waals surface area (Å²) in [5.74, 6) is 0. The lowest BCUT2D eigenvalue weighted by molar-refractivity contribution is 0.191. The third kappa shape index (κ3) is 4.39. The molecule has 0 amide bonds. The van der Waals surface area contributed by atoms with Crippen LogP contribution in [-0.2, 0) is 0 Å². The van der Waals surface area contributed by atoms with Crippen molar-refractivity contribution in [2.75, 3.05) is 20.2 Å². The zero-order valence-electron chi connectivity index (χ0n) is 10.4. The van der Waals surface area contributed by atoms with Crippen molar-refractivity contribution in [3.05, 3.63) is 34.3 Å². The van der Waals surface area contributed by atoms with Crippen LogP contribution in [0.15, 0.2) is 28.7 Å². The third-order valence-corrected chi connectivity index (χ3v) is 3.33. The van der Waals surface area contributed by atoms with Gasteiger partial charge in [-0.3, -0.25) is 4.90 Å². The monoisotopic (exact) mass is 300 g/mol. The summed E-state index contributed by atoms with van der Waals surface area (Å²) < 4.78 is 1.07. The Bertz CT molecular complexity index is 344. The molecular weight excluding hydrogens is 280 g/mol. The van der Waals surface area contributed by atoms with E-state index in [2.05, 4.69) is 33.0 Å². The van der Waals surface area contributed by atoms with Crippen LogP contribution >= 0.6 is 15.9 Å². The van der Waals surface area contributed by atoms with E-state index in [1.807, 2.05) is 26.1 Å². The Labute approximate surface area is 112 Å². The molecular formula is C13H21BrN2O. The number of hydrogen-bond donors (Lipinski definition) is 2. The Hall–Kier alpha value is -0.420. The third-order valence-electron chi connectivity index (χ3n) is 2.83. The summed E-state index contributed by atoms with van der Waals surface area (Å²) in [5.41, 5.74) is 7.28. The van der Waals surface area contributed by atoms with Crippen LogP contribution in [0.3, 0.4) is 0 Å². The Morgan fingerprint density at radius 1 is 1.47 bits per heavy atom. The fraction of sp³-hybridized carbons (Fsp3) is 0.538. The number of nitrogens with two attached hydrogens (primary N) is 1. The zero-order chi connectivity index (χ0) is 12.8. The van der Waals surface area contributed by atoms with Crippen LogP contribution in [0.4, 0.5) is 0 Å². The molecule has 1 aromatic carbocycles. The number of aliphatic hydroxyl groups is 1. The lowest BCUT2D eigenvalue weighted by atomic mass is 9.99. The maximum absolute atomic E-state index is 8.88. The molecule has 0 aliphatic heterocycles. The zero-order valence-corrected chi connectivity index (χ0v) is 12.0. The topological polar surface area (TPSA) is 49.5 Å². The van der Waals surface area contributed by atoms with Crippen molar-refractivity contribution in [3.8, 4) is 0 Å². The summed E-state index contributed by atoms with van der Waals surface area (Å²) in [5, 5.41) is 8.88. The predicted octanol–water partition coefficient (Wildman–Crippen LogP) is 2.15. The molecule has 96 valence electrons. The number of benzene rings is 1. The molecule has 2 atom stereocenters. The second kappa shape index (κ2) is 7.11. The average molecular weight is 301 g/mol. The van der Waals surface area contributed by atoms with Gasteiger partial charge < -0.3 is 10.8 Å². The molecule has 0 aliphatic rings. The SMILES string of the molecule is CC(N)C(c1cccc(Br)c1)N(C)CCCO. The molecule has 0 spiro atoms. The Kier molecular flexibility index (Phi) is 6.12. The molecule has 0 bridgehead atoms. The van der Waals surface area contributed by atoms with Gasteiger partial charge in [0.25, 0.3) is 0 Å². The molecule has 0 saturated carbocycles. The van der Waals surface area contributed by atoms with Crippen molar-refractivity contribution in [1.82, 2.24) is 4.90 Å². The number of nitrogens with zero attached hydrogens (tertiary/aromatic N) is 1. The fourth-order valence-electron chi connectivity index (χ4n) is 2.11. The van der Waals surface area contributed by atoms with Gasteiger partial charge in [-0.05, 0) is 38.1 Å². The highest BCUT2D eigenvalue weighted by Gasteiger charge is 2.20. The van der Waals surface area contributed by atoms with Crippen LogP contribution in [0, 0.1) is 0 Å². The van der Waals surface area contributed by atoms with Crippen LogP contribution in [0.5, 0.6) is 0 Å². The van der Waals surface area contributed by atoms with Crippen LogP contribution in [-0.4, -0.2) is 36.2 Å². The van der Waals surface area contributed by atoms with Crippen molar-refractivity contribution in [1.29, 1.82) is 0 Å². The Morgan fingerprint density at radius 2 is 2.18 bits per heavy atom. The number of halogens is 1. The molecule has 0 heterocycles. The number of likely N-dealkylation sites (N-methyl/N-ethyl adjacent to an activating group) is 1. The summed E-state index contributed by atoms with van der Waals surface area (Å²) >= 11 is 3.48. The van der Waals surface area contributed by atoms with Crippen molar-refractivity contribution in [2.24, 2.45) is 5.73 Å². The van der Waals surface area contributed by atoms with Crippen LogP contribution in [0.1, 0.15) is 24.9 Å². The fourth-order valence-corrected chi connectivity index (χ4v) is 2.53. The highest BCUT2D eigenvalue weighted by atomic mass is 79.9. The number of rotatable bonds is 6. The summed E-state index contributed by atoms with van der Waals surface area (Å²) in [7, 11) is 2.05. The van der Waals surface area contributed by atoms with Gasteiger partial charge in [-0.15, -0.1) is 0 Å². The first-order valence-corrected chi connectivity index (χ1v) is 6.67. The number of aliphatic hydroxyl groups excluding tert-OH is 1. The molecule has 3 N–H and O–H groups in total. The van der Waals surface area contributed by atoms with E-state index in [4.69, 9.17) is 10.8 Å². The van der Waals surface area contributed by atoms with Gasteiger partial charge >= 0.3 is 0 Å². The molecule has 0 aliphatic carbocycles. The second-order valence-corrected chi connectivity index (χ2v) is 5.33. The molecule has 0 aromatic heterocycles. The smallest absolute Gasteiger partial charge is 0.0494 e. The van der Waals surface area contributed by atoms with E-state index in [0.29, 0.717) is 0 Å².